The quantitative estimate of drug-likeness (QED) is 0.424. The fraction of sp³-hybridized carbons (Fsp3) is 0.533. The van der Waals surface area contributed by atoms with Crippen molar-refractivity contribution in [2.75, 3.05) is 19.6 Å². The average Bonchev–Trinajstić information content (AvgIpc) is 2.48. The van der Waals surface area contributed by atoms with Gasteiger partial charge in [0.1, 0.15) is 0 Å². The Morgan fingerprint density at radius 2 is 2.20 bits per heavy atom. The minimum Gasteiger partial charge on any atom is -0.392 e. The molecule has 2 rings (SSSR count). The number of hydrogen-bond acceptors (Lipinski definition) is 4. The summed E-state index contributed by atoms with van der Waals surface area (Å²) in [6.45, 7) is 4.15. The van der Waals surface area contributed by atoms with Crippen LogP contribution in [0.3, 0.4) is 0 Å². The lowest BCUT2D eigenvalue weighted by atomic mass is 9.93. The summed E-state index contributed by atoms with van der Waals surface area (Å²) in [6.07, 6.45) is 0.633. The minimum atomic E-state index is -0.318. The molecule has 1 heterocycles. The topological polar surface area (TPSA) is 78.6 Å². The Bertz CT molecular complexity index is 438. The molecule has 3 atom stereocenters. The van der Waals surface area contributed by atoms with Gasteiger partial charge in [-0.1, -0.05) is 37.3 Å². The van der Waals surface area contributed by atoms with E-state index in [0.717, 1.165) is 18.5 Å². The summed E-state index contributed by atoms with van der Waals surface area (Å²) in [5, 5.41) is 9.96. The predicted octanol–water partition coefficient (Wildman–Crippen LogP) is 0.463. The Hall–Kier alpha value is -1.43. The molecule has 0 saturated carbocycles. The molecule has 5 heteroatoms. The molecule has 110 valence electrons. The number of likely N-dealkylation sites (tertiary alicyclic amines) is 1. The van der Waals surface area contributed by atoms with E-state index in [1.54, 1.807) is 0 Å². The molecule has 1 aromatic rings. The number of hydrogen-bond donors (Lipinski definition) is 3. The number of nitrogens with zero attached hydrogens (tertiary/aromatic N) is 1. The van der Waals surface area contributed by atoms with Gasteiger partial charge in [0, 0.05) is 13.1 Å². The zero-order valence-corrected chi connectivity index (χ0v) is 11.8. The lowest BCUT2D eigenvalue weighted by Crippen LogP contribution is -2.47. The summed E-state index contributed by atoms with van der Waals surface area (Å²) < 4.78 is 0. The summed E-state index contributed by atoms with van der Waals surface area (Å²) in [4.78, 5) is 14.1. The number of rotatable bonds is 4. The predicted molar refractivity (Wildman–Crippen MR) is 77.7 cm³/mol. The second-order valence-electron chi connectivity index (χ2n) is 5.56. The highest BCUT2D eigenvalue weighted by molar-refractivity contribution is 5.83. The number of carbonyl (C=O) groups excluding carboxylic acids is 1. The maximum Gasteiger partial charge on any atom is 0.242 e. The number of benzene rings is 1. The molecule has 20 heavy (non-hydrogen) atoms. The average molecular weight is 277 g/mol. The maximum atomic E-state index is 12.0. The number of hydrazine groups is 1. The van der Waals surface area contributed by atoms with Crippen molar-refractivity contribution in [3.8, 4) is 0 Å². The largest absolute Gasteiger partial charge is 0.392 e. The summed E-state index contributed by atoms with van der Waals surface area (Å²) in [5.74, 6) is 5.13. The van der Waals surface area contributed by atoms with Crippen LogP contribution in [-0.2, 0) is 4.79 Å². The highest BCUT2D eigenvalue weighted by Gasteiger charge is 2.28. The fourth-order valence-electron chi connectivity index (χ4n) is 2.66. The van der Waals surface area contributed by atoms with Crippen molar-refractivity contribution >= 4 is 5.91 Å². The molecule has 0 aliphatic carbocycles. The van der Waals surface area contributed by atoms with Gasteiger partial charge in [-0.25, -0.2) is 5.84 Å². The van der Waals surface area contributed by atoms with Gasteiger partial charge in [0.05, 0.1) is 12.0 Å². The Kier molecular flexibility index (Phi) is 5.11. The number of nitrogens with two attached hydrogens (primary N) is 1. The van der Waals surface area contributed by atoms with Crippen molar-refractivity contribution in [2.45, 2.75) is 25.4 Å². The Morgan fingerprint density at radius 3 is 2.80 bits per heavy atom. The van der Waals surface area contributed by atoms with Crippen LogP contribution in [0.2, 0.25) is 0 Å². The molecule has 0 bridgehead atoms. The second-order valence-corrected chi connectivity index (χ2v) is 5.56. The van der Waals surface area contributed by atoms with Crippen molar-refractivity contribution in [3.63, 3.8) is 0 Å². The van der Waals surface area contributed by atoms with Crippen LogP contribution in [0, 0.1) is 5.92 Å². The van der Waals surface area contributed by atoms with Crippen LogP contribution < -0.4 is 11.3 Å². The highest BCUT2D eigenvalue weighted by atomic mass is 16.3. The number of aliphatic hydroxyl groups excluding tert-OH is 1. The number of aliphatic hydroxyl groups is 1. The lowest BCUT2D eigenvalue weighted by molar-refractivity contribution is -0.123. The molecule has 1 aliphatic rings. The Labute approximate surface area is 119 Å². The minimum absolute atomic E-state index is 0.190. The molecule has 0 spiro atoms. The molecule has 1 aliphatic heterocycles. The van der Waals surface area contributed by atoms with Gasteiger partial charge in [-0.2, -0.15) is 0 Å². The molecule has 1 fully saturated rings. The molecular weight excluding hydrogens is 254 g/mol. The van der Waals surface area contributed by atoms with E-state index in [2.05, 4.69) is 17.2 Å². The summed E-state index contributed by atoms with van der Waals surface area (Å²) in [5.41, 5.74) is 3.19. The number of nitrogens with one attached hydrogen (secondary N) is 1. The molecule has 1 amide bonds. The van der Waals surface area contributed by atoms with Crippen molar-refractivity contribution < 1.29 is 9.90 Å². The third-order valence-electron chi connectivity index (χ3n) is 4.10. The van der Waals surface area contributed by atoms with E-state index in [4.69, 9.17) is 5.84 Å². The molecule has 1 saturated heterocycles. The Balaban J connectivity index is 2.07. The number of β-amino-alcohol motifs (C(OH)–C–C–N with tert-alkyl or cyclic N) is 1. The van der Waals surface area contributed by atoms with Crippen LogP contribution in [0.1, 0.15) is 24.8 Å². The molecule has 0 radical (unpaired) electrons. The van der Waals surface area contributed by atoms with Gasteiger partial charge >= 0.3 is 0 Å². The van der Waals surface area contributed by atoms with E-state index in [0.29, 0.717) is 19.0 Å². The second kappa shape index (κ2) is 6.83. The highest BCUT2D eigenvalue weighted by Crippen LogP contribution is 2.22. The maximum absolute atomic E-state index is 12.0. The molecule has 3 unspecified atom stereocenters. The first kappa shape index (κ1) is 15.0. The standard InChI is InChI=1S/C15H23N3O2/c1-11-7-8-18(10-14(11)19)9-13(15(20)17-16)12-5-3-2-4-6-12/h2-6,11,13-14,19H,7-10,16H2,1H3,(H,17,20). The molecule has 1 aromatic carbocycles. The van der Waals surface area contributed by atoms with Crippen molar-refractivity contribution in [1.29, 1.82) is 0 Å². The number of piperidine rings is 1. The van der Waals surface area contributed by atoms with Crippen LogP contribution in [0.5, 0.6) is 0 Å². The molecule has 5 nitrogen and oxygen atoms in total. The molecule has 4 N–H and O–H groups in total. The van der Waals surface area contributed by atoms with E-state index >= 15 is 0 Å². The third kappa shape index (κ3) is 3.56. The van der Waals surface area contributed by atoms with Gasteiger partial charge in [0.15, 0.2) is 0 Å². The first-order valence-electron chi connectivity index (χ1n) is 7.07. The Morgan fingerprint density at radius 1 is 1.50 bits per heavy atom. The molecule has 0 aromatic heterocycles. The van der Waals surface area contributed by atoms with Crippen LogP contribution in [0.4, 0.5) is 0 Å². The van der Waals surface area contributed by atoms with E-state index in [1.165, 1.54) is 0 Å². The lowest BCUT2D eigenvalue weighted by Gasteiger charge is -2.35. The summed E-state index contributed by atoms with van der Waals surface area (Å²) in [6, 6.07) is 9.62. The van der Waals surface area contributed by atoms with E-state index in [1.807, 2.05) is 30.3 Å². The van der Waals surface area contributed by atoms with Gasteiger partial charge in [-0.15, -0.1) is 0 Å². The number of carbonyl (C=O) groups is 1. The van der Waals surface area contributed by atoms with Crippen molar-refractivity contribution in [2.24, 2.45) is 11.8 Å². The van der Waals surface area contributed by atoms with Crippen LogP contribution in [0.15, 0.2) is 30.3 Å². The van der Waals surface area contributed by atoms with Gasteiger partial charge in [0.2, 0.25) is 5.91 Å². The number of amides is 1. The van der Waals surface area contributed by atoms with E-state index < -0.39 is 0 Å². The van der Waals surface area contributed by atoms with Gasteiger partial charge in [-0.3, -0.25) is 15.1 Å². The first-order chi connectivity index (χ1) is 9.61. The van der Waals surface area contributed by atoms with Gasteiger partial charge in [-0.05, 0) is 24.4 Å². The summed E-state index contributed by atoms with van der Waals surface area (Å²) in [7, 11) is 0. The zero-order chi connectivity index (χ0) is 14.5. The smallest absolute Gasteiger partial charge is 0.242 e. The normalized spacial score (nSPS) is 25.1. The van der Waals surface area contributed by atoms with Crippen LogP contribution >= 0.6 is 0 Å². The van der Waals surface area contributed by atoms with Crippen molar-refractivity contribution in [3.05, 3.63) is 35.9 Å². The van der Waals surface area contributed by atoms with Crippen LogP contribution in [0.25, 0.3) is 0 Å². The summed E-state index contributed by atoms with van der Waals surface area (Å²) >= 11 is 0. The third-order valence-corrected chi connectivity index (χ3v) is 4.10. The SMILES string of the molecule is CC1CCN(CC(C(=O)NN)c2ccccc2)CC1O. The monoisotopic (exact) mass is 277 g/mol. The fourth-order valence-corrected chi connectivity index (χ4v) is 2.66. The molecular formula is C15H23N3O2. The van der Waals surface area contributed by atoms with Gasteiger partial charge in [0.25, 0.3) is 0 Å². The van der Waals surface area contributed by atoms with E-state index in [-0.39, 0.29) is 17.9 Å². The van der Waals surface area contributed by atoms with E-state index in [9.17, 15) is 9.90 Å². The zero-order valence-electron chi connectivity index (χ0n) is 11.8. The van der Waals surface area contributed by atoms with Crippen molar-refractivity contribution in [1.82, 2.24) is 10.3 Å². The van der Waals surface area contributed by atoms with Gasteiger partial charge < -0.3 is 5.11 Å². The van der Waals surface area contributed by atoms with Crippen LogP contribution in [-0.4, -0.2) is 41.7 Å². The first-order valence-corrected chi connectivity index (χ1v) is 7.07.